The Morgan fingerprint density at radius 3 is 2.67 bits per heavy atom. The highest BCUT2D eigenvalue weighted by Crippen LogP contribution is 2.18. The van der Waals surface area contributed by atoms with Crippen LogP contribution in [0.3, 0.4) is 0 Å². The third-order valence-corrected chi connectivity index (χ3v) is 2.54. The molecule has 0 bridgehead atoms. The lowest BCUT2D eigenvalue weighted by Crippen LogP contribution is -2.39. The second-order valence-corrected chi connectivity index (χ2v) is 3.89. The van der Waals surface area contributed by atoms with Gasteiger partial charge < -0.3 is 21.5 Å². The van der Waals surface area contributed by atoms with Crippen LogP contribution in [0.5, 0.6) is 0 Å². The number of hydrogen-bond donors (Lipinski definition) is 3. The number of rotatable bonds is 5. The zero-order valence-electron chi connectivity index (χ0n) is 10.4. The van der Waals surface area contributed by atoms with Crippen molar-refractivity contribution in [3.8, 4) is 0 Å². The quantitative estimate of drug-likeness (QED) is 0.684. The second kappa shape index (κ2) is 6.13. The van der Waals surface area contributed by atoms with E-state index in [-0.39, 0.29) is 12.5 Å². The molecule has 5 N–H and O–H groups in total. The molecule has 0 saturated heterocycles. The van der Waals surface area contributed by atoms with E-state index in [1.807, 2.05) is 0 Å². The highest BCUT2D eigenvalue weighted by Gasteiger charge is 2.15. The molecule has 1 aromatic carbocycles. The Bertz CT molecular complexity index is 460. The van der Waals surface area contributed by atoms with Crippen LogP contribution in [0.2, 0.25) is 0 Å². The molecule has 6 nitrogen and oxygen atoms in total. The van der Waals surface area contributed by atoms with E-state index in [2.05, 4.69) is 5.32 Å². The Balaban J connectivity index is 2.88. The first-order valence-electron chi connectivity index (χ1n) is 5.42. The van der Waals surface area contributed by atoms with Crippen molar-refractivity contribution in [1.29, 1.82) is 0 Å². The van der Waals surface area contributed by atoms with Crippen molar-refractivity contribution in [3.05, 3.63) is 29.3 Å². The first-order chi connectivity index (χ1) is 8.47. The van der Waals surface area contributed by atoms with E-state index in [0.29, 0.717) is 16.8 Å². The highest BCUT2D eigenvalue weighted by atomic mass is 16.5. The zero-order chi connectivity index (χ0) is 13.7. The molecular formula is C12H17N3O3. The summed E-state index contributed by atoms with van der Waals surface area (Å²) in [6.07, 6.45) is 0. The van der Waals surface area contributed by atoms with Gasteiger partial charge in [-0.2, -0.15) is 0 Å². The van der Waals surface area contributed by atoms with Gasteiger partial charge in [0.25, 0.3) is 0 Å². The summed E-state index contributed by atoms with van der Waals surface area (Å²) in [7, 11) is 1.46. The van der Waals surface area contributed by atoms with Gasteiger partial charge in [0.1, 0.15) is 6.04 Å². The van der Waals surface area contributed by atoms with Gasteiger partial charge in [-0.25, -0.2) is 0 Å². The average molecular weight is 251 g/mol. The van der Waals surface area contributed by atoms with Crippen molar-refractivity contribution in [3.63, 3.8) is 0 Å². The molecule has 1 aromatic rings. The molecular weight excluding hydrogens is 234 g/mol. The number of benzene rings is 1. The Morgan fingerprint density at radius 2 is 2.11 bits per heavy atom. The molecule has 0 fully saturated rings. The van der Waals surface area contributed by atoms with Crippen LogP contribution in [0.15, 0.2) is 18.2 Å². The minimum atomic E-state index is -0.758. The molecule has 0 aliphatic rings. The van der Waals surface area contributed by atoms with Gasteiger partial charge >= 0.3 is 0 Å². The van der Waals surface area contributed by atoms with Crippen LogP contribution < -0.4 is 16.8 Å². The monoisotopic (exact) mass is 251 g/mol. The van der Waals surface area contributed by atoms with Gasteiger partial charge in [-0.15, -0.1) is 0 Å². The molecule has 6 heteroatoms. The predicted octanol–water partition coefficient (Wildman–Crippen LogP) is 0.00612. The summed E-state index contributed by atoms with van der Waals surface area (Å²) in [5, 5.41) is 2.64. The number of carbonyl (C=O) groups excluding carboxylic acids is 2. The lowest BCUT2D eigenvalue weighted by Gasteiger charge is -2.14. The number of nitrogens with two attached hydrogens (primary N) is 2. The summed E-state index contributed by atoms with van der Waals surface area (Å²) in [4.78, 5) is 22.9. The fraction of sp³-hybridized carbons (Fsp3) is 0.333. The molecule has 1 rings (SSSR count). The van der Waals surface area contributed by atoms with E-state index >= 15 is 0 Å². The molecule has 0 aliphatic heterocycles. The van der Waals surface area contributed by atoms with Gasteiger partial charge in [-0.3, -0.25) is 9.59 Å². The normalized spacial score (nSPS) is 11.9. The molecule has 1 atom stereocenters. The van der Waals surface area contributed by atoms with Crippen LogP contribution >= 0.6 is 0 Å². The molecule has 0 aromatic heterocycles. The van der Waals surface area contributed by atoms with Crippen LogP contribution in [-0.4, -0.2) is 31.6 Å². The zero-order valence-corrected chi connectivity index (χ0v) is 10.4. The van der Waals surface area contributed by atoms with E-state index in [1.54, 1.807) is 25.1 Å². The number of carbonyl (C=O) groups is 2. The standard InChI is InChI=1S/C12H17N3O3/c1-7-8(11(14)16)4-3-5-10(7)15-12(17)9(13)6-18-2/h3-5,9H,6,13H2,1-2H3,(H2,14,16)(H,15,17). The Morgan fingerprint density at radius 1 is 1.44 bits per heavy atom. The van der Waals surface area contributed by atoms with Crippen molar-refractivity contribution >= 4 is 17.5 Å². The molecule has 0 radical (unpaired) electrons. The van der Waals surface area contributed by atoms with Gasteiger partial charge in [-0.1, -0.05) is 6.07 Å². The van der Waals surface area contributed by atoms with Gasteiger partial charge in [0.2, 0.25) is 11.8 Å². The van der Waals surface area contributed by atoms with Gasteiger partial charge in [0.05, 0.1) is 6.61 Å². The molecule has 98 valence electrons. The third kappa shape index (κ3) is 3.28. The van der Waals surface area contributed by atoms with Crippen molar-refractivity contribution in [1.82, 2.24) is 0 Å². The number of methoxy groups -OCH3 is 1. The van der Waals surface area contributed by atoms with Crippen molar-refractivity contribution in [2.45, 2.75) is 13.0 Å². The van der Waals surface area contributed by atoms with Crippen molar-refractivity contribution in [2.75, 3.05) is 19.0 Å². The number of ether oxygens (including phenoxy) is 1. The van der Waals surface area contributed by atoms with Crippen molar-refractivity contribution in [2.24, 2.45) is 11.5 Å². The minimum Gasteiger partial charge on any atom is -0.383 e. The maximum absolute atomic E-state index is 11.7. The number of amides is 2. The summed E-state index contributed by atoms with van der Waals surface area (Å²) in [6.45, 7) is 1.83. The smallest absolute Gasteiger partial charge is 0.249 e. The van der Waals surface area contributed by atoms with E-state index in [9.17, 15) is 9.59 Å². The lowest BCUT2D eigenvalue weighted by molar-refractivity contribution is -0.118. The molecule has 18 heavy (non-hydrogen) atoms. The number of anilines is 1. The molecule has 0 heterocycles. The van der Waals surface area contributed by atoms with Crippen LogP contribution in [0.1, 0.15) is 15.9 Å². The van der Waals surface area contributed by atoms with Crippen LogP contribution in [0.25, 0.3) is 0 Å². The molecule has 2 amide bonds. The molecule has 0 aliphatic carbocycles. The number of primary amides is 1. The summed E-state index contributed by atoms with van der Waals surface area (Å²) in [5.74, 6) is -0.911. The average Bonchev–Trinajstić information content (AvgIpc) is 2.31. The Kier molecular flexibility index (Phi) is 4.82. The molecule has 1 unspecified atom stereocenters. The minimum absolute atomic E-state index is 0.125. The van der Waals surface area contributed by atoms with Crippen molar-refractivity contribution < 1.29 is 14.3 Å². The second-order valence-electron chi connectivity index (χ2n) is 3.89. The van der Waals surface area contributed by atoms with Gasteiger partial charge in [0.15, 0.2) is 0 Å². The maximum atomic E-state index is 11.7. The summed E-state index contributed by atoms with van der Waals surface area (Å²) in [6, 6.07) is 4.17. The fourth-order valence-electron chi connectivity index (χ4n) is 1.52. The topological polar surface area (TPSA) is 107 Å². The van der Waals surface area contributed by atoms with Crippen LogP contribution in [0, 0.1) is 6.92 Å². The van der Waals surface area contributed by atoms with Gasteiger partial charge in [-0.05, 0) is 24.6 Å². The van der Waals surface area contributed by atoms with E-state index in [1.165, 1.54) is 7.11 Å². The Labute approximate surface area is 105 Å². The van der Waals surface area contributed by atoms with E-state index in [4.69, 9.17) is 16.2 Å². The highest BCUT2D eigenvalue weighted by molar-refractivity contribution is 5.99. The fourth-order valence-corrected chi connectivity index (χ4v) is 1.52. The number of hydrogen-bond acceptors (Lipinski definition) is 4. The Hall–Kier alpha value is -1.92. The maximum Gasteiger partial charge on any atom is 0.249 e. The summed E-state index contributed by atoms with van der Waals surface area (Å²) < 4.78 is 4.79. The predicted molar refractivity (Wildman–Crippen MR) is 68.2 cm³/mol. The summed E-state index contributed by atoms with van der Waals surface area (Å²) >= 11 is 0. The largest absolute Gasteiger partial charge is 0.383 e. The molecule has 0 saturated carbocycles. The summed E-state index contributed by atoms with van der Waals surface area (Å²) in [5.41, 5.74) is 12.3. The molecule has 0 spiro atoms. The third-order valence-electron chi connectivity index (χ3n) is 2.54. The first kappa shape index (κ1) is 14.1. The first-order valence-corrected chi connectivity index (χ1v) is 5.42. The van der Waals surface area contributed by atoms with E-state index in [0.717, 1.165) is 0 Å². The van der Waals surface area contributed by atoms with Gasteiger partial charge in [0, 0.05) is 18.4 Å². The lowest BCUT2D eigenvalue weighted by atomic mass is 10.1. The van der Waals surface area contributed by atoms with E-state index < -0.39 is 11.9 Å². The number of nitrogens with one attached hydrogen (secondary N) is 1. The van der Waals surface area contributed by atoms with Crippen LogP contribution in [0.4, 0.5) is 5.69 Å². The van der Waals surface area contributed by atoms with Crippen LogP contribution in [-0.2, 0) is 9.53 Å². The SMILES string of the molecule is COCC(N)C(=O)Nc1cccc(C(N)=O)c1C.